The maximum atomic E-state index is 12.6. The molecule has 0 aliphatic carbocycles. The third-order valence-corrected chi connectivity index (χ3v) is 6.09. The fourth-order valence-corrected chi connectivity index (χ4v) is 4.88. The number of aliphatic carboxylic acids is 1. The van der Waals surface area contributed by atoms with Crippen LogP contribution in [0.15, 0.2) is 0 Å². The lowest BCUT2D eigenvalue weighted by Gasteiger charge is -2.38. The van der Waals surface area contributed by atoms with Gasteiger partial charge in [0.25, 0.3) is 0 Å². The van der Waals surface area contributed by atoms with Gasteiger partial charge < -0.3 is 14.9 Å². The quantitative estimate of drug-likeness (QED) is 0.820. The highest BCUT2D eigenvalue weighted by Crippen LogP contribution is 2.24. The molecule has 8 heteroatoms. The minimum Gasteiger partial charge on any atom is -0.481 e. The highest BCUT2D eigenvalue weighted by molar-refractivity contribution is 7.91. The Morgan fingerprint density at radius 3 is 2.57 bits per heavy atom. The summed E-state index contributed by atoms with van der Waals surface area (Å²) < 4.78 is 23.0. The zero-order valence-electron chi connectivity index (χ0n) is 12.2. The summed E-state index contributed by atoms with van der Waals surface area (Å²) in [6.07, 6.45) is 2.88. The fraction of sp³-hybridized carbons (Fsp3) is 0.846. The number of hydrogen-bond acceptors (Lipinski definition) is 4. The van der Waals surface area contributed by atoms with E-state index in [0.717, 1.165) is 12.8 Å². The monoisotopic (exact) mass is 318 g/mol. The number of amides is 2. The second-order valence-electron chi connectivity index (χ2n) is 5.89. The van der Waals surface area contributed by atoms with Crippen LogP contribution in [0.5, 0.6) is 0 Å². The molecule has 2 aliphatic heterocycles. The maximum absolute atomic E-state index is 12.6. The fourth-order valence-electron chi connectivity index (χ4n) is 3.11. The molecule has 0 aromatic heterocycles. The van der Waals surface area contributed by atoms with Gasteiger partial charge in [0.2, 0.25) is 0 Å². The number of hydrogen-bond donors (Lipinski definition) is 1. The van der Waals surface area contributed by atoms with Crippen LogP contribution < -0.4 is 0 Å². The van der Waals surface area contributed by atoms with Crippen molar-refractivity contribution in [3.8, 4) is 0 Å². The first-order chi connectivity index (χ1) is 9.80. The molecule has 2 saturated heterocycles. The molecule has 0 saturated carbocycles. The van der Waals surface area contributed by atoms with E-state index in [-0.39, 0.29) is 36.0 Å². The minimum atomic E-state index is -3.04. The van der Waals surface area contributed by atoms with E-state index < -0.39 is 15.8 Å². The summed E-state index contributed by atoms with van der Waals surface area (Å²) in [5.74, 6) is -0.786. The number of rotatable bonds is 3. The smallest absolute Gasteiger partial charge is 0.320 e. The molecule has 0 radical (unpaired) electrons. The molecule has 1 N–H and O–H groups in total. The summed E-state index contributed by atoms with van der Waals surface area (Å²) >= 11 is 0. The van der Waals surface area contributed by atoms with Crippen molar-refractivity contribution < 1.29 is 23.1 Å². The summed E-state index contributed by atoms with van der Waals surface area (Å²) in [4.78, 5) is 26.5. The lowest BCUT2D eigenvalue weighted by Crippen LogP contribution is -2.52. The summed E-state index contributed by atoms with van der Waals surface area (Å²) in [5, 5.41) is 8.95. The van der Waals surface area contributed by atoms with Gasteiger partial charge in [-0.15, -0.1) is 0 Å². The predicted molar refractivity (Wildman–Crippen MR) is 76.8 cm³/mol. The normalized spacial score (nSPS) is 28.3. The molecule has 0 bridgehead atoms. The molecule has 0 aromatic carbocycles. The van der Waals surface area contributed by atoms with Crippen molar-refractivity contribution in [1.29, 1.82) is 0 Å². The van der Waals surface area contributed by atoms with Crippen LogP contribution in [0, 0.1) is 0 Å². The number of carbonyl (C=O) groups is 2. The summed E-state index contributed by atoms with van der Waals surface area (Å²) in [6.45, 7) is 0.542. The highest BCUT2D eigenvalue weighted by atomic mass is 32.2. The van der Waals surface area contributed by atoms with Gasteiger partial charge in [0, 0.05) is 25.7 Å². The molecular formula is C13H22N2O5S. The van der Waals surface area contributed by atoms with Gasteiger partial charge in [-0.1, -0.05) is 0 Å². The molecule has 21 heavy (non-hydrogen) atoms. The lowest BCUT2D eigenvalue weighted by atomic mass is 9.99. The van der Waals surface area contributed by atoms with Crippen molar-refractivity contribution in [3.05, 3.63) is 0 Å². The third-order valence-electron chi connectivity index (χ3n) is 4.34. The van der Waals surface area contributed by atoms with Gasteiger partial charge >= 0.3 is 12.0 Å². The number of nitrogens with zero attached hydrogens (tertiary/aromatic N) is 2. The molecule has 2 fully saturated rings. The Hall–Kier alpha value is -1.31. The largest absolute Gasteiger partial charge is 0.481 e. The Morgan fingerprint density at radius 1 is 1.29 bits per heavy atom. The van der Waals surface area contributed by atoms with E-state index in [1.54, 1.807) is 11.9 Å². The predicted octanol–water partition coefficient (Wildman–Crippen LogP) is 0.555. The number of likely N-dealkylation sites (tertiary alicyclic amines) is 1. The van der Waals surface area contributed by atoms with Crippen LogP contribution in [0.2, 0.25) is 0 Å². The summed E-state index contributed by atoms with van der Waals surface area (Å²) in [6, 6.07) is -0.831. The Labute approximate surface area is 124 Å². The summed E-state index contributed by atoms with van der Waals surface area (Å²) in [7, 11) is -1.43. The number of carboxylic acid groups (broad SMARTS) is 1. The van der Waals surface area contributed by atoms with Crippen LogP contribution in [0.25, 0.3) is 0 Å². The Kier molecular flexibility index (Phi) is 4.75. The molecule has 2 aliphatic rings. The van der Waals surface area contributed by atoms with Crippen molar-refractivity contribution in [2.24, 2.45) is 0 Å². The zero-order valence-corrected chi connectivity index (χ0v) is 13.0. The van der Waals surface area contributed by atoms with E-state index in [9.17, 15) is 18.0 Å². The number of piperidine rings is 1. The van der Waals surface area contributed by atoms with Gasteiger partial charge in [0.1, 0.15) is 0 Å². The van der Waals surface area contributed by atoms with Crippen LogP contribution in [0.4, 0.5) is 4.79 Å². The molecule has 2 unspecified atom stereocenters. The van der Waals surface area contributed by atoms with Crippen LogP contribution in [-0.4, -0.2) is 72.5 Å². The molecule has 0 spiro atoms. The van der Waals surface area contributed by atoms with E-state index in [1.807, 2.05) is 0 Å². The molecule has 0 aromatic rings. The van der Waals surface area contributed by atoms with Gasteiger partial charge in [-0.25, -0.2) is 13.2 Å². The van der Waals surface area contributed by atoms with Crippen LogP contribution in [-0.2, 0) is 14.6 Å². The first kappa shape index (κ1) is 16.1. The van der Waals surface area contributed by atoms with E-state index in [2.05, 4.69) is 0 Å². The zero-order chi connectivity index (χ0) is 15.6. The molecule has 7 nitrogen and oxygen atoms in total. The van der Waals surface area contributed by atoms with E-state index in [4.69, 9.17) is 5.11 Å². The van der Waals surface area contributed by atoms with Gasteiger partial charge in [-0.2, -0.15) is 0 Å². The number of sulfone groups is 1. The van der Waals surface area contributed by atoms with Crippen LogP contribution in [0.1, 0.15) is 32.1 Å². The van der Waals surface area contributed by atoms with E-state index in [1.165, 1.54) is 4.90 Å². The first-order valence-corrected chi connectivity index (χ1v) is 9.08. The number of carboxylic acids is 1. The topological polar surface area (TPSA) is 95.0 Å². The van der Waals surface area contributed by atoms with Gasteiger partial charge in [-0.05, 0) is 25.7 Å². The van der Waals surface area contributed by atoms with E-state index >= 15 is 0 Å². The average molecular weight is 318 g/mol. The van der Waals surface area contributed by atoms with Gasteiger partial charge in [-0.3, -0.25) is 4.79 Å². The van der Waals surface area contributed by atoms with Gasteiger partial charge in [0.15, 0.2) is 9.84 Å². The highest BCUT2D eigenvalue weighted by Gasteiger charge is 2.37. The molecule has 2 amide bonds. The van der Waals surface area contributed by atoms with Crippen molar-refractivity contribution in [3.63, 3.8) is 0 Å². The number of carbonyl (C=O) groups excluding carboxylic acids is 1. The first-order valence-electron chi connectivity index (χ1n) is 7.26. The van der Waals surface area contributed by atoms with Crippen molar-refractivity contribution >= 4 is 21.8 Å². The SMILES string of the molecule is CN(C(=O)N1CCCCC1CC(=O)O)C1CCS(=O)(=O)C1. The van der Waals surface area contributed by atoms with Crippen molar-refractivity contribution in [2.75, 3.05) is 25.1 Å². The molecule has 120 valence electrons. The lowest BCUT2D eigenvalue weighted by molar-refractivity contribution is -0.138. The molecule has 2 rings (SSSR count). The molecule has 2 heterocycles. The second kappa shape index (κ2) is 6.21. The standard InChI is InChI=1S/C13H22N2O5S/c1-14(11-5-7-21(19,20)9-11)13(18)15-6-3-2-4-10(15)8-12(16)17/h10-11H,2-9H2,1H3,(H,16,17). The average Bonchev–Trinajstić information content (AvgIpc) is 2.77. The Morgan fingerprint density at radius 2 is 2.00 bits per heavy atom. The van der Waals surface area contributed by atoms with Crippen LogP contribution in [0.3, 0.4) is 0 Å². The number of urea groups is 1. The minimum absolute atomic E-state index is 0.00662. The second-order valence-corrected chi connectivity index (χ2v) is 8.12. The van der Waals surface area contributed by atoms with Crippen molar-refractivity contribution in [1.82, 2.24) is 9.80 Å². The Balaban J connectivity index is 2.04. The van der Waals surface area contributed by atoms with Crippen LogP contribution >= 0.6 is 0 Å². The summed E-state index contributed by atoms with van der Waals surface area (Å²) in [5.41, 5.74) is 0. The van der Waals surface area contributed by atoms with Gasteiger partial charge in [0.05, 0.1) is 17.9 Å². The van der Waals surface area contributed by atoms with Crippen molar-refractivity contribution in [2.45, 2.75) is 44.2 Å². The Bertz CT molecular complexity index is 519. The van der Waals surface area contributed by atoms with E-state index in [0.29, 0.717) is 19.4 Å². The third kappa shape index (κ3) is 3.87. The molecule has 2 atom stereocenters. The maximum Gasteiger partial charge on any atom is 0.320 e. The molecular weight excluding hydrogens is 296 g/mol.